The molecule has 13 heteroatoms. The van der Waals surface area contributed by atoms with Crippen LogP contribution in [0.25, 0.3) is 0 Å². The first kappa shape index (κ1) is 84.1. The molecule has 0 amide bonds. The van der Waals surface area contributed by atoms with E-state index < -0.39 is 0 Å². The zero-order valence-electron chi connectivity index (χ0n) is 66.9. The Balaban J connectivity index is 0.000000561. The largest absolute Gasteiger partial charge is 0.506 e. The quantitative estimate of drug-likeness (QED) is 0.125. The number of aromatic nitrogens is 10. The number of aromatic amines is 1. The minimum absolute atomic E-state index is 0.0255. The predicted octanol–water partition coefficient (Wildman–Crippen LogP) is 22.6. The Morgan fingerprint density at radius 1 is 0.374 bits per heavy atom. The smallest absolute Gasteiger partial charge is 0.251 e. The molecule has 0 saturated carbocycles. The minimum atomic E-state index is 0.0255. The van der Waals surface area contributed by atoms with Gasteiger partial charge in [0.05, 0.1) is 15.5 Å². The highest BCUT2D eigenvalue weighted by atomic mass is 16.5. The van der Waals surface area contributed by atoms with Crippen LogP contribution in [0, 0.1) is 34.6 Å². The van der Waals surface area contributed by atoms with Gasteiger partial charge in [-0.1, -0.05) is 181 Å². The normalized spacial score (nSPS) is 10.6. The molecule has 0 atom stereocenters. The summed E-state index contributed by atoms with van der Waals surface area (Å²) < 4.78 is 19.5. The highest BCUT2D eigenvalue weighted by molar-refractivity contribution is 5.28. The summed E-state index contributed by atoms with van der Waals surface area (Å²) in [5.41, 5.74) is 16.7. The number of aryl methyl sites for hydroxylation is 5. The first-order valence-electron chi connectivity index (χ1n) is 35.9. The second-order valence-electron chi connectivity index (χ2n) is 27.0. The monoisotopic (exact) mass is 1340 g/mol. The van der Waals surface area contributed by atoms with Gasteiger partial charge in [0.15, 0.2) is 0 Å². The molecular weight excluding hydrogens is 1220 g/mol. The number of methoxy groups -OCH3 is 1. The van der Waals surface area contributed by atoms with Crippen LogP contribution < -0.4 is 10.3 Å². The summed E-state index contributed by atoms with van der Waals surface area (Å²) in [7, 11) is 1.67. The number of rotatable bonds is 11. The van der Waals surface area contributed by atoms with E-state index in [0.717, 1.165) is 45.5 Å². The number of H-pyrrole nitrogens is 1. The molecule has 0 radical (unpaired) electrons. The predicted molar refractivity (Wildman–Crippen MR) is 418 cm³/mol. The van der Waals surface area contributed by atoms with Crippen LogP contribution >= 0.6 is 0 Å². The van der Waals surface area contributed by atoms with Crippen molar-refractivity contribution in [1.29, 1.82) is 0 Å². The van der Waals surface area contributed by atoms with Crippen LogP contribution in [0.1, 0.15) is 285 Å². The van der Waals surface area contributed by atoms with E-state index in [9.17, 15) is 9.90 Å². The lowest BCUT2D eigenvalue weighted by Crippen LogP contribution is -2.11. The third kappa shape index (κ3) is 38.6. The second kappa shape index (κ2) is 49.4. The molecular formula is C86H122N10O3. The maximum absolute atomic E-state index is 11.0. The van der Waals surface area contributed by atoms with E-state index in [1.54, 1.807) is 68.4 Å². The summed E-state index contributed by atoms with van der Waals surface area (Å²) in [6.07, 6.45) is 14.0. The van der Waals surface area contributed by atoms with Gasteiger partial charge in [0, 0.05) is 118 Å². The number of nitrogens with one attached hydrogen (secondary N) is 1. The van der Waals surface area contributed by atoms with Crippen LogP contribution in [-0.2, 0) is 0 Å². The Hall–Kier alpha value is -9.10. The molecule has 10 heterocycles. The van der Waals surface area contributed by atoms with Crippen molar-refractivity contribution in [3.63, 3.8) is 0 Å². The molecule has 0 aromatic carbocycles. The van der Waals surface area contributed by atoms with Crippen LogP contribution in [0.5, 0.6) is 11.5 Å². The topological polar surface area (TPSA) is 178 Å². The molecule has 0 unspecified atom stereocenters. The van der Waals surface area contributed by atoms with Crippen molar-refractivity contribution in [1.82, 2.24) is 49.8 Å². The van der Waals surface area contributed by atoms with Crippen LogP contribution in [0.4, 0.5) is 0 Å². The van der Waals surface area contributed by atoms with Crippen molar-refractivity contribution >= 4 is 0 Å². The molecule has 0 bridgehead atoms. The molecule has 10 rings (SSSR count). The molecule has 0 saturated heterocycles. The highest BCUT2D eigenvalue weighted by Gasteiger charge is 2.07. The van der Waals surface area contributed by atoms with Crippen molar-refractivity contribution in [3.05, 3.63) is 290 Å². The molecule has 534 valence electrons. The first-order valence-corrected chi connectivity index (χ1v) is 34.9. The fourth-order valence-electron chi connectivity index (χ4n) is 8.51. The zero-order valence-corrected chi connectivity index (χ0v) is 64.9. The van der Waals surface area contributed by atoms with E-state index in [4.69, 9.17) is 7.48 Å². The van der Waals surface area contributed by atoms with Gasteiger partial charge in [0.1, 0.15) is 11.5 Å². The maximum Gasteiger partial charge on any atom is 0.251 e. The molecule has 0 aliphatic heterocycles. The van der Waals surface area contributed by atoms with Gasteiger partial charge in [-0.05, 0) is 208 Å². The number of nitrogens with zero attached hydrogens (tertiary/aromatic N) is 9. The Kier molecular flexibility index (Phi) is 42.0. The number of ether oxygens (including phenoxy) is 1. The molecule has 10 aromatic rings. The average Bonchev–Trinajstić information content (AvgIpc) is 0.955. The van der Waals surface area contributed by atoms with Crippen molar-refractivity contribution in [2.45, 2.75) is 232 Å². The van der Waals surface area contributed by atoms with Crippen LogP contribution in [-0.4, -0.2) is 62.1 Å². The van der Waals surface area contributed by atoms with Crippen molar-refractivity contribution in [2.75, 3.05) is 7.11 Å². The Bertz CT molecular complexity index is 3590. The summed E-state index contributed by atoms with van der Waals surface area (Å²) in [6.45, 7) is 52.4. The van der Waals surface area contributed by atoms with E-state index in [1.807, 2.05) is 115 Å². The van der Waals surface area contributed by atoms with Gasteiger partial charge in [-0.25, -0.2) is 0 Å². The van der Waals surface area contributed by atoms with Gasteiger partial charge >= 0.3 is 0 Å². The van der Waals surface area contributed by atoms with Crippen LogP contribution in [0.15, 0.2) is 200 Å². The number of hydrogen-bond acceptors (Lipinski definition) is 12. The Labute approximate surface area is 600 Å². The summed E-state index contributed by atoms with van der Waals surface area (Å²) in [5.74, 6) is 5.82. The maximum atomic E-state index is 11.0. The fraction of sp³-hybridized carbons (Fsp3) is 0.419. The summed E-state index contributed by atoms with van der Waals surface area (Å²) in [4.78, 5) is 51.6. The molecule has 0 spiro atoms. The summed E-state index contributed by atoms with van der Waals surface area (Å²) in [6, 6.07) is 43.7. The fourth-order valence-corrected chi connectivity index (χ4v) is 8.51. The van der Waals surface area contributed by atoms with Gasteiger partial charge in [-0.3, -0.25) is 49.7 Å². The first-order chi connectivity index (χ1) is 47.6. The summed E-state index contributed by atoms with van der Waals surface area (Å²) >= 11 is 0. The molecule has 0 aliphatic carbocycles. The Morgan fingerprint density at radius 2 is 0.838 bits per heavy atom. The second-order valence-corrected chi connectivity index (χ2v) is 27.0. The van der Waals surface area contributed by atoms with Gasteiger partial charge < -0.3 is 14.8 Å². The minimum Gasteiger partial charge on any atom is -0.506 e. The van der Waals surface area contributed by atoms with E-state index in [1.165, 1.54) is 45.2 Å². The molecule has 13 nitrogen and oxygen atoms in total. The molecule has 10 aromatic heterocycles. The third-order valence-corrected chi connectivity index (χ3v) is 14.5. The zero-order chi connectivity index (χ0) is 76.3. The van der Waals surface area contributed by atoms with E-state index in [2.05, 4.69) is 230 Å². The van der Waals surface area contributed by atoms with Gasteiger partial charge in [-0.2, -0.15) is 0 Å². The summed E-state index contributed by atoms with van der Waals surface area (Å²) in [5, 5.41) is 9.22. The Morgan fingerprint density at radius 3 is 1.20 bits per heavy atom. The van der Waals surface area contributed by atoms with Crippen LogP contribution in [0.3, 0.4) is 0 Å². The highest BCUT2D eigenvalue weighted by Crippen LogP contribution is 2.22. The van der Waals surface area contributed by atoms with E-state index >= 15 is 0 Å². The lowest BCUT2D eigenvalue weighted by Gasteiger charge is -2.05. The van der Waals surface area contributed by atoms with Gasteiger partial charge in [0.2, 0.25) is 0 Å². The number of pyridine rings is 10. The molecule has 99 heavy (non-hydrogen) atoms. The molecule has 0 fully saturated rings. The average molecular weight is 1350 g/mol. The SMILES string of the molecule is CC(C)c1ccc[nH]c1=O.CC(C)c1ncccc1O.COc1ccnc(C(C)C)c1.Cc1ccc(C(C)C)nc1.Cc1cccc(C(C)C)n1.Cc1cccc(C(C)C)n1.Cc1cccnc1C(C)C.Cc1ccnc(C(C)C)c1.[2H]c1ccc(C(C)C)nc1.[2H]c1ccnc(C(C)C)c1. The van der Waals surface area contributed by atoms with E-state index in [0.29, 0.717) is 71.3 Å². The van der Waals surface area contributed by atoms with Crippen molar-refractivity contribution in [2.24, 2.45) is 0 Å². The lowest BCUT2D eigenvalue weighted by atomic mass is 10.1. The van der Waals surface area contributed by atoms with Crippen molar-refractivity contribution in [3.8, 4) is 11.5 Å². The lowest BCUT2D eigenvalue weighted by molar-refractivity contribution is 0.413. The van der Waals surface area contributed by atoms with Gasteiger partial charge in [0.25, 0.3) is 5.56 Å². The third-order valence-electron chi connectivity index (χ3n) is 14.5. The van der Waals surface area contributed by atoms with E-state index in [-0.39, 0.29) is 11.3 Å². The number of aromatic hydroxyl groups is 1. The van der Waals surface area contributed by atoms with Crippen molar-refractivity contribution < 1.29 is 12.6 Å². The van der Waals surface area contributed by atoms with Crippen LogP contribution in [0.2, 0.25) is 0 Å². The number of hydrogen-bond donors (Lipinski definition) is 2. The molecule has 2 N–H and O–H groups in total. The standard InChI is InChI=1S/C9H13NO.5C9H13N.2C8H11NO.2C8H11N/c1-7(2)9-6-8(11-3)4-5-10-9;1-7(2)9-6-8(3)4-5-10-9;1-7(2)9-5-4-8(3)6-10-9;1-7(2)9-8(3)5-4-6-10-9;2*1-7(2)9-6-4-5-8(3)10-9;1-6(2)8-7(10)4-3-5-9-8;1-6(2)7-4-3-5-9-8(7)10;2*1-7(2)8-5-3-4-6-9-8/h4-7H,1-3H3;5*4-7H,1-3H3;3-6,10H,1-2H3;3-6H,1-2H3,(H,9,10);2*3-7H,1-2H3/i;;;;;;;;4D;3D. The molecule has 0 aliphatic rings. The van der Waals surface area contributed by atoms with Gasteiger partial charge in [-0.15, -0.1) is 0 Å².